The van der Waals surface area contributed by atoms with E-state index in [1.807, 2.05) is 31.2 Å². The molecule has 1 heterocycles. The highest BCUT2D eigenvalue weighted by Crippen LogP contribution is 2.37. The average Bonchev–Trinajstić information content (AvgIpc) is 3.16. The second-order valence-electron chi connectivity index (χ2n) is 6.80. The Morgan fingerprint density at radius 3 is 2.31 bits per heavy atom. The first-order chi connectivity index (χ1) is 15.3. The maximum Gasteiger partial charge on any atom is 0.369 e. The summed E-state index contributed by atoms with van der Waals surface area (Å²) in [7, 11) is 1.62. The van der Waals surface area contributed by atoms with Crippen molar-refractivity contribution in [3.63, 3.8) is 0 Å². The number of fused-ring (bicyclic) bond motifs is 1. The third-order valence-electron chi connectivity index (χ3n) is 4.42. The topological polar surface area (TPSA) is 67.1 Å². The molecule has 5 nitrogen and oxygen atoms in total. The Morgan fingerprint density at radius 1 is 0.938 bits per heavy atom. The number of hydrogen-bond donors (Lipinski definition) is 1. The molecule has 0 saturated carbocycles. The fraction of sp³-hybridized carbons (Fsp3) is 0.136. The van der Waals surface area contributed by atoms with Crippen LogP contribution >= 0.6 is 58.6 Å². The number of ether oxygens (including phenoxy) is 1. The number of nitrogens with zero attached hydrogens (tertiary/aromatic N) is 3. The van der Waals surface area contributed by atoms with Crippen LogP contribution in [-0.2, 0) is 0 Å². The van der Waals surface area contributed by atoms with Gasteiger partial charge in [0, 0.05) is 5.56 Å². The van der Waals surface area contributed by atoms with E-state index in [1.165, 1.54) is 10.3 Å². The van der Waals surface area contributed by atoms with Gasteiger partial charge in [-0.1, -0.05) is 6.07 Å². The first-order valence-electron chi connectivity index (χ1n) is 9.46. The van der Waals surface area contributed by atoms with Gasteiger partial charge >= 0.3 is 3.18 Å². The molecule has 0 atom stereocenters. The summed E-state index contributed by atoms with van der Waals surface area (Å²) in [6, 6.07) is 17.0. The van der Waals surface area contributed by atoms with Gasteiger partial charge in [-0.3, -0.25) is 0 Å². The van der Waals surface area contributed by atoms with Crippen LogP contribution in [0.1, 0.15) is 11.1 Å². The van der Waals surface area contributed by atoms with E-state index in [2.05, 4.69) is 76.6 Å². The highest BCUT2D eigenvalue weighted by molar-refractivity contribution is 9.69. The Labute approximate surface area is 215 Å². The predicted molar refractivity (Wildman–Crippen MR) is 146 cm³/mol. The van der Waals surface area contributed by atoms with Gasteiger partial charge in [0.25, 0.3) is 0 Å². The van der Waals surface area contributed by atoms with Crippen LogP contribution < -0.4 is 4.74 Å². The quantitative estimate of drug-likeness (QED) is 0.179. The lowest BCUT2D eigenvalue weighted by Gasteiger charge is -2.06. The summed E-state index contributed by atoms with van der Waals surface area (Å²) >= 11 is 11.0. The molecule has 0 aliphatic rings. The summed E-state index contributed by atoms with van der Waals surface area (Å²) in [5, 5.41) is 19.1. The number of thiazole rings is 1. The molecule has 1 aromatic heterocycles. The minimum absolute atomic E-state index is 0.212. The second kappa shape index (κ2) is 11.4. The van der Waals surface area contributed by atoms with E-state index in [0.717, 1.165) is 21.7 Å². The van der Waals surface area contributed by atoms with Gasteiger partial charge in [0.05, 0.1) is 23.0 Å². The third kappa shape index (κ3) is 6.63. The largest absolute Gasteiger partial charge is 0.508 e. The maximum absolute atomic E-state index is 9.51. The van der Waals surface area contributed by atoms with Crippen molar-refractivity contribution >= 4 is 83.4 Å². The molecule has 0 spiro atoms. The molecule has 0 aliphatic carbocycles. The minimum atomic E-state index is 0.212. The molecule has 10 heteroatoms. The molecule has 0 bridgehead atoms. The summed E-state index contributed by atoms with van der Waals surface area (Å²) in [5.74, 6) is 0.845. The summed E-state index contributed by atoms with van der Waals surface area (Å²) in [4.78, 5) is 4.73. The van der Waals surface area contributed by atoms with Crippen molar-refractivity contribution in [2.45, 2.75) is 13.8 Å². The van der Waals surface area contributed by atoms with Crippen LogP contribution in [0.3, 0.4) is 0 Å². The standard InChI is InChI=1S/C22H19N3O2S.BBr3/c1-13-4-7-19-21(10-13)28-22(23-19)15-5-8-18(20(12-15)27-3)25-24-17-9-6-16(26)11-14(17)2;2-1(3)4/h4-12,26H,1-3H3;. The van der Waals surface area contributed by atoms with Crippen LogP contribution in [-0.4, -0.2) is 20.4 Å². The van der Waals surface area contributed by atoms with Gasteiger partial charge in [0.15, 0.2) is 0 Å². The van der Waals surface area contributed by atoms with E-state index in [-0.39, 0.29) is 8.93 Å². The molecule has 0 fully saturated rings. The molecule has 0 unspecified atom stereocenters. The van der Waals surface area contributed by atoms with E-state index >= 15 is 0 Å². The van der Waals surface area contributed by atoms with Crippen LogP contribution in [0.25, 0.3) is 20.8 Å². The smallest absolute Gasteiger partial charge is 0.369 e. The molecule has 1 N–H and O–H groups in total. The van der Waals surface area contributed by atoms with Gasteiger partial charge in [-0.2, -0.15) is 5.11 Å². The molecule has 164 valence electrons. The summed E-state index contributed by atoms with van der Waals surface area (Å²) in [6.45, 7) is 3.96. The fourth-order valence-corrected chi connectivity index (χ4v) is 3.97. The Balaban J connectivity index is 0.000000668. The molecular formula is C22H19BBr3N3O2S. The normalized spacial score (nSPS) is 10.8. The van der Waals surface area contributed by atoms with Crippen molar-refractivity contribution in [2.24, 2.45) is 10.2 Å². The summed E-state index contributed by atoms with van der Waals surface area (Å²) in [5.41, 5.74) is 5.39. The van der Waals surface area contributed by atoms with E-state index in [0.29, 0.717) is 17.1 Å². The van der Waals surface area contributed by atoms with Gasteiger partial charge in [-0.05, 0) is 73.5 Å². The second-order valence-corrected chi connectivity index (χ2v) is 14.3. The predicted octanol–water partition coefficient (Wildman–Crippen LogP) is 8.87. The zero-order valence-electron chi connectivity index (χ0n) is 17.5. The van der Waals surface area contributed by atoms with E-state index in [9.17, 15) is 5.11 Å². The number of phenols is 1. The van der Waals surface area contributed by atoms with Gasteiger partial charge in [0.1, 0.15) is 22.2 Å². The average molecular weight is 640 g/mol. The van der Waals surface area contributed by atoms with Crippen LogP contribution in [0.5, 0.6) is 11.5 Å². The molecule has 4 aromatic rings. The number of rotatable bonds is 4. The molecule has 0 radical (unpaired) electrons. The van der Waals surface area contributed by atoms with Crippen molar-refractivity contribution < 1.29 is 9.84 Å². The van der Waals surface area contributed by atoms with Crippen molar-refractivity contribution in [1.82, 2.24) is 4.98 Å². The van der Waals surface area contributed by atoms with Gasteiger partial charge < -0.3 is 9.84 Å². The number of methoxy groups -OCH3 is 1. The molecule has 0 saturated heterocycles. The van der Waals surface area contributed by atoms with Crippen molar-refractivity contribution in [1.29, 1.82) is 0 Å². The lowest BCUT2D eigenvalue weighted by atomic mass is 10.2. The molecule has 4 rings (SSSR count). The Kier molecular flexibility index (Phi) is 8.87. The highest BCUT2D eigenvalue weighted by Gasteiger charge is 2.10. The van der Waals surface area contributed by atoms with Crippen molar-refractivity contribution in [3.8, 4) is 22.1 Å². The number of aromatic nitrogens is 1. The summed E-state index contributed by atoms with van der Waals surface area (Å²) < 4.78 is 6.96. The Morgan fingerprint density at radius 2 is 1.62 bits per heavy atom. The molecule has 0 amide bonds. The first kappa shape index (κ1) is 24.9. The van der Waals surface area contributed by atoms with Gasteiger partial charge in [-0.15, -0.1) is 63.7 Å². The molecule has 0 aliphatic heterocycles. The monoisotopic (exact) mass is 637 g/mol. The van der Waals surface area contributed by atoms with E-state index < -0.39 is 0 Å². The first-order valence-corrected chi connectivity index (χ1v) is 13.0. The highest BCUT2D eigenvalue weighted by atomic mass is 79.9. The van der Waals surface area contributed by atoms with Crippen LogP contribution in [0.15, 0.2) is 64.8 Å². The fourth-order valence-electron chi connectivity index (χ4n) is 2.91. The van der Waals surface area contributed by atoms with E-state index in [4.69, 9.17) is 9.72 Å². The maximum atomic E-state index is 9.51. The van der Waals surface area contributed by atoms with Crippen LogP contribution in [0.4, 0.5) is 11.4 Å². The SMILES string of the molecule is BrB(Br)Br.COc1cc(-c2nc3ccc(C)cc3s2)ccc1N=Nc1ccc(O)cc1C. The van der Waals surface area contributed by atoms with Crippen molar-refractivity contribution in [2.75, 3.05) is 7.11 Å². The zero-order chi connectivity index (χ0) is 23.3. The third-order valence-corrected chi connectivity index (χ3v) is 5.48. The number of hydrogen-bond acceptors (Lipinski definition) is 6. The Bertz CT molecular complexity index is 1260. The molecular weight excluding hydrogens is 621 g/mol. The number of benzene rings is 3. The molecule has 3 aromatic carbocycles. The lowest BCUT2D eigenvalue weighted by Crippen LogP contribution is -1.85. The summed E-state index contributed by atoms with van der Waals surface area (Å²) in [6.07, 6.45) is 0. The molecule has 32 heavy (non-hydrogen) atoms. The lowest BCUT2D eigenvalue weighted by molar-refractivity contribution is 0.416. The number of azo groups is 1. The minimum Gasteiger partial charge on any atom is -0.508 e. The number of aromatic hydroxyl groups is 1. The van der Waals surface area contributed by atoms with Gasteiger partial charge in [-0.25, -0.2) is 4.98 Å². The van der Waals surface area contributed by atoms with Crippen LogP contribution in [0, 0.1) is 13.8 Å². The zero-order valence-corrected chi connectivity index (χ0v) is 23.1. The number of halogens is 3. The van der Waals surface area contributed by atoms with E-state index in [1.54, 1.807) is 36.6 Å². The number of aryl methyl sites for hydroxylation is 2. The Hall–Kier alpha value is -1.75. The van der Waals surface area contributed by atoms with Crippen molar-refractivity contribution in [3.05, 3.63) is 65.7 Å². The van der Waals surface area contributed by atoms with Gasteiger partial charge in [0.2, 0.25) is 0 Å². The number of phenolic OH excluding ortho intramolecular Hbond substituents is 1. The van der Waals surface area contributed by atoms with Crippen LogP contribution in [0.2, 0.25) is 0 Å².